The number of ether oxygens (including phenoxy) is 2. The molecule has 0 saturated carbocycles. The highest BCUT2D eigenvalue weighted by molar-refractivity contribution is 6.04. The van der Waals surface area contributed by atoms with Gasteiger partial charge >= 0.3 is 0 Å². The third-order valence-corrected chi connectivity index (χ3v) is 28.0. The summed E-state index contributed by atoms with van der Waals surface area (Å²) in [6.45, 7) is 4.26. The van der Waals surface area contributed by atoms with Gasteiger partial charge in [0.1, 0.15) is 11.5 Å². The average Bonchev–Trinajstić information content (AvgIpc) is 0.774. The van der Waals surface area contributed by atoms with Crippen LogP contribution < -0.4 is 48.7 Å². The molecule has 0 N–H and O–H groups in total. The SMILES string of the molecule is COc1ccc(N(c2ccccc2)c2ccc(N(c3ccc(-c4ccc(N(c5ccc(N(c6ccccc6)c6ccc(OC)cc6)cc5)c5cccc6ccccc56)cc4)cc3)c3cccc4ccccc34)cc2)cc1.Cc1ccc(N(c2ccccc2)c2ccc(N(c3ccc(-c4ccc(N(c5ccc(N(c6ccccc6)c6ccc(C)cc6)cc5)c5cccc6ccccc56)cc4)cc3)c3cccc4ccccc34)cc2)cc1. The zero-order valence-electron chi connectivity index (χ0n) is 83.8. The van der Waals surface area contributed by atoms with Crippen LogP contribution in [-0.4, -0.2) is 14.2 Å². The number of nitrogens with zero attached hydrogens (tertiary/aromatic N) is 8. The summed E-state index contributed by atoms with van der Waals surface area (Å²) in [5, 5.41) is 9.49. The van der Waals surface area contributed by atoms with E-state index in [0.717, 1.165) is 170 Å². The summed E-state index contributed by atoms with van der Waals surface area (Å²) in [7, 11) is 3.40. The van der Waals surface area contributed by atoms with Crippen molar-refractivity contribution in [3.8, 4) is 33.8 Å². The molecular formula is C140H108N8O2. The van der Waals surface area contributed by atoms with Gasteiger partial charge in [0.15, 0.2) is 0 Å². The fourth-order valence-electron chi connectivity index (χ4n) is 20.5. The first kappa shape index (κ1) is 93.9. The monoisotopic (exact) mass is 1930 g/mol. The number of methoxy groups -OCH3 is 2. The lowest BCUT2D eigenvalue weighted by Crippen LogP contribution is -2.12. The number of fused-ring (bicyclic) bond motifs is 4. The molecule has 24 aromatic rings. The highest BCUT2D eigenvalue weighted by Gasteiger charge is 2.26. The molecular weight excluding hydrogens is 1830 g/mol. The molecule has 0 amide bonds. The zero-order valence-corrected chi connectivity index (χ0v) is 83.8. The Balaban J connectivity index is 0.000000164. The van der Waals surface area contributed by atoms with Gasteiger partial charge in [0.25, 0.3) is 0 Å². The lowest BCUT2D eigenvalue weighted by molar-refractivity contribution is 0.414. The molecule has 0 radical (unpaired) electrons. The number of hydrogen-bond acceptors (Lipinski definition) is 10. The van der Waals surface area contributed by atoms with Crippen LogP contribution in [0.2, 0.25) is 0 Å². The Kier molecular flexibility index (Phi) is 27.0. The Bertz CT molecular complexity index is 8190. The van der Waals surface area contributed by atoms with E-state index in [-0.39, 0.29) is 0 Å². The fourth-order valence-corrected chi connectivity index (χ4v) is 20.5. The predicted molar refractivity (Wildman–Crippen MR) is 634 cm³/mol. The van der Waals surface area contributed by atoms with Crippen LogP contribution in [0.3, 0.4) is 0 Å². The van der Waals surface area contributed by atoms with Crippen LogP contribution in [0.25, 0.3) is 65.3 Å². The molecule has 0 fully saturated rings. The van der Waals surface area contributed by atoms with Crippen molar-refractivity contribution in [3.05, 3.63) is 593 Å². The van der Waals surface area contributed by atoms with E-state index in [9.17, 15) is 0 Å². The van der Waals surface area contributed by atoms with Crippen molar-refractivity contribution in [2.24, 2.45) is 0 Å². The number of para-hydroxylation sites is 4. The molecule has 24 aromatic carbocycles. The lowest BCUT2D eigenvalue weighted by Gasteiger charge is -2.29. The largest absolute Gasteiger partial charge is 0.497 e. The number of benzene rings is 24. The van der Waals surface area contributed by atoms with Crippen molar-refractivity contribution in [1.82, 2.24) is 0 Å². The summed E-state index contributed by atoms with van der Waals surface area (Å²) in [6, 6.07) is 208. The Labute approximate surface area is 877 Å². The second-order valence-corrected chi connectivity index (χ2v) is 37.3. The van der Waals surface area contributed by atoms with Gasteiger partial charge in [0, 0.05) is 135 Å². The third-order valence-electron chi connectivity index (χ3n) is 28.0. The van der Waals surface area contributed by atoms with Gasteiger partial charge in [-0.1, -0.05) is 302 Å². The number of rotatable bonds is 28. The summed E-state index contributed by atoms with van der Waals surface area (Å²) in [4.78, 5) is 18.7. The van der Waals surface area contributed by atoms with Crippen molar-refractivity contribution < 1.29 is 9.47 Å². The van der Waals surface area contributed by atoms with Crippen molar-refractivity contribution in [1.29, 1.82) is 0 Å². The van der Waals surface area contributed by atoms with Gasteiger partial charge in [-0.3, -0.25) is 0 Å². The van der Waals surface area contributed by atoms with Gasteiger partial charge in [-0.05, 0) is 349 Å². The smallest absolute Gasteiger partial charge is 0.119 e. The number of aryl methyl sites for hydroxylation is 2. The average molecular weight is 1930 g/mol. The zero-order chi connectivity index (χ0) is 101. The lowest BCUT2D eigenvalue weighted by atomic mass is 10.0. The van der Waals surface area contributed by atoms with Gasteiger partial charge in [0.05, 0.1) is 37.0 Å². The van der Waals surface area contributed by atoms with Gasteiger partial charge < -0.3 is 48.7 Å². The minimum absolute atomic E-state index is 0.820. The molecule has 0 aromatic heterocycles. The van der Waals surface area contributed by atoms with E-state index >= 15 is 0 Å². The summed E-state index contributed by atoms with van der Waals surface area (Å²) in [5.74, 6) is 1.64. The Morgan fingerprint density at radius 3 is 0.447 bits per heavy atom. The molecule has 0 aliphatic heterocycles. The summed E-state index contributed by atoms with van der Waals surface area (Å²) >= 11 is 0. The van der Waals surface area contributed by atoms with Gasteiger partial charge in [-0.25, -0.2) is 0 Å². The van der Waals surface area contributed by atoms with Gasteiger partial charge in [0.2, 0.25) is 0 Å². The minimum atomic E-state index is 0.820. The van der Waals surface area contributed by atoms with Crippen LogP contribution in [0.4, 0.5) is 136 Å². The van der Waals surface area contributed by atoms with Crippen LogP contribution in [0.15, 0.2) is 582 Å². The van der Waals surface area contributed by atoms with Crippen molar-refractivity contribution in [2.45, 2.75) is 13.8 Å². The summed E-state index contributed by atoms with van der Waals surface area (Å²) in [5.41, 5.74) is 32.9. The summed E-state index contributed by atoms with van der Waals surface area (Å²) in [6.07, 6.45) is 0. The number of hydrogen-bond donors (Lipinski definition) is 0. The Morgan fingerprint density at radius 1 is 0.120 bits per heavy atom. The molecule has 0 bridgehead atoms. The van der Waals surface area contributed by atoms with E-state index in [0.29, 0.717) is 0 Å². The highest BCUT2D eigenvalue weighted by atomic mass is 16.5. The highest BCUT2D eigenvalue weighted by Crippen LogP contribution is 2.50. The molecule has 0 aliphatic carbocycles. The quantitative estimate of drug-likeness (QED) is 0.0474. The van der Waals surface area contributed by atoms with Crippen molar-refractivity contribution in [2.75, 3.05) is 53.4 Å². The summed E-state index contributed by atoms with van der Waals surface area (Å²) < 4.78 is 11.0. The minimum Gasteiger partial charge on any atom is -0.497 e. The molecule has 0 saturated heterocycles. The van der Waals surface area contributed by atoms with Crippen LogP contribution in [0, 0.1) is 13.8 Å². The van der Waals surface area contributed by atoms with Crippen molar-refractivity contribution in [3.63, 3.8) is 0 Å². The number of anilines is 24. The maximum atomic E-state index is 5.51. The first-order valence-electron chi connectivity index (χ1n) is 50.9. The normalized spacial score (nSPS) is 11.1. The molecule has 0 atom stereocenters. The second-order valence-electron chi connectivity index (χ2n) is 37.3. The maximum absolute atomic E-state index is 5.51. The molecule has 0 heterocycles. The molecule has 10 nitrogen and oxygen atoms in total. The Morgan fingerprint density at radius 2 is 0.260 bits per heavy atom. The van der Waals surface area contributed by atoms with Gasteiger partial charge in [-0.2, -0.15) is 0 Å². The van der Waals surface area contributed by atoms with E-state index in [1.165, 1.54) is 54.2 Å². The standard InChI is InChI=1S/C70H54N4O2.C70H54N4/c1-75-65-47-43-59(44-48-65)71(55-19-5-3-6-20-55)57-35-39-63(40-36-57)73(69-25-13-17-53-15-9-11-23-67(53)69)61-31-27-51(28-32-61)52-29-33-62(34-30-52)74(70-26-14-18-54-16-10-12-24-68(54)70)64-41-37-58(38-42-64)72(56-21-7-4-8-22-56)60-45-49-66(76-2)50-46-60;1-51-27-35-59(36-28-51)71(57-19-5-3-6-20-57)61-43-47-65(48-44-61)73(69-25-13-17-55-15-9-11-23-67(55)69)63-39-31-53(32-40-63)54-33-41-64(42-34-54)74(70-26-14-18-56-16-10-12-24-68(56)70)66-49-45-62(46-50-66)72(58-21-7-4-8-22-58)60-37-29-52(2)30-38-60/h3-50H,1-2H3;3-50H,1-2H3. The molecule has 0 unspecified atom stereocenters. The Hall–Kier alpha value is -19.7. The van der Waals surface area contributed by atoms with Crippen molar-refractivity contribution >= 4 is 180 Å². The fraction of sp³-hybridized carbons (Fsp3) is 0.0286. The second kappa shape index (κ2) is 43.1. The first-order valence-corrected chi connectivity index (χ1v) is 50.9. The van der Waals surface area contributed by atoms with Crippen LogP contribution in [0.5, 0.6) is 11.5 Å². The molecule has 0 aliphatic rings. The van der Waals surface area contributed by atoms with Crippen LogP contribution in [-0.2, 0) is 0 Å². The molecule has 720 valence electrons. The maximum Gasteiger partial charge on any atom is 0.119 e. The van der Waals surface area contributed by atoms with E-state index in [1.807, 2.05) is 24.3 Å². The van der Waals surface area contributed by atoms with E-state index < -0.39 is 0 Å². The van der Waals surface area contributed by atoms with E-state index in [2.05, 4.69) is 611 Å². The van der Waals surface area contributed by atoms with Crippen LogP contribution in [0.1, 0.15) is 11.1 Å². The molecule has 10 heteroatoms. The molecule has 0 spiro atoms. The first-order chi connectivity index (χ1) is 74.1. The predicted octanol–water partition coefficient (Wildman–Crippen LogP) is 39.7. The molecule has 24 rings (SSSR count). The van der Waals surface area contributed by atoms with Gasteiger partial charge in [-0.15, -0.1) is 0 Å². The third kappa shape index (κ3) is 19.8. The topological polar surface area (TPSA) is 44.4 Å². The van der Waals surface area contributed by atoms with E-state index in [4.69, 9.17) is 9.47 Å². The molecule has 150 heavy (non-hydrogen) atoms. The van der Waals surface area contributed by atoms with E-state index in [1.54, 1.807) is 14.2 Å². The van der Waals surface area contributed by atoms with Crippen LogP contribution >= 0.6 is 0 Å².